The summed E-state index contributed by atoms with van der Waals surface area (Å²) in [6.07, 6.45) is -0.776. The molecule has 0 radical (unpaired) electrons. The van der Waals surface area contributed by atoms with Gasteiger partial charge in [-0.2, -0.15) is 0 Å². The van der Waals surface area contributed by atoms with Crippen LogP contribution >= 0.6 is 0 Å². The van der Waals surface area contributed by atoms with Crippen LogP contribution in [0.2, 0.25) is 0 Å². The molecule has 2 aromatic rings. The van der Waals surface area contributed by atoms with E-state index in [-0.39, 0.29) is 10.9 Å². The number of esters is 1. The summed E-state index contributed by atoms with van der Waals surface area (Å²) < 4.78 is 15.1. The Hall–Kier alpha value is -2.85. The number of methoxy groups -OCH3 is 2. The topological polar surface area (TPSA) is 140 Å². The number of aliphatic hydroxyl groups is 2. The maximum absolute atomic E-state index is 13.4. The highest BCUT2D eigenvalue weighted by Crippen LogP contribution is 2.53. The van der Waals surface area contributed by atoms with Crippen LogP contribution in [0.3, 0.4) is 0 Å². The van der Waals surface area contributed by atoms with Crippen LogP contribution in [0.5, 0.6) is 5.75 Å². The second kappa shape index (κ2) is 6.07. The van der Waals surface area contributed by atoms with E-state index in [4.69, 9.17) is 9.47 Å². The molecule has 3 atom stereocenters. The number of benzene rings is 2. The molecular formula is C20H18O9. The van der Waals surface area contributed by atoms with E-state index < -0.39 is 58.9 Å². The average Bonchev–Trinajstić information content (AvgIpc) is 2.96. The maximum atomic E-state index is 13.4. The minimum atomic E-state index is -2.99. The highest BCUT2D eigenvalue weighted by atomic mass is 16.7. The van der Waals surface area contributed by atoms with E-state index in [9.17, 15) is 29.7 Å². The van der Waals surface area contributed by atoms with Gasteiger partial charge in [0, 0.05) is 18.1 Å². The van der Waals surface area contributed by atoms with E-state index >= 15 is 0 Å². The van der Waals surface area contributed by atoms with Crippen LogP contribution in [-0.2, 0) is 19.0 Å². The smallest absolute Gasteiger partial charge is 0.311 e. The zero-order chi connectivity index (χ0) is 21.2. The number of phenolic OH excluding ortho intramolecular Hbond substituents is 1. The molecule has 3 N–H and O–H groups in total. The van der Waals surface area contributed by atoms with Crippen LogP contribution < -0.4 is 0 Å². The number of hydrogen-bond donors (Lipinski definition) is 3. The maximum Gasteiger partial charge on any atom is 0.311 e. The Morgan fingerprint density at radius 3 is 2.52 bits per heavy atom. The van der Waals surface area contributed by atoms with Gasteiger partial charge < -0.3 is 29.5 Å². The third-order valence-corrected chi connectivity index (χ3v) is 5.80. The Kier molecular flexibility index (Phi) is 4.08. The first-order chi connectivity index (χ1) is 13.7. The van der Waals surface area contributed by atoms with Crippen molar-refractivity contribution in [2.24, 2.45) is 0 Å². The fourth-order valence-corrected chi connectivity index (χ4v) is 4.20. The van der Waals surface area contributed by atoms with E-state index in [0.29, 0.717) is 5.39 Å². The molecule has 0 unspecified atom stereocenters. The lowest BCUT2D eigenvalue weighted by atomic mass is 9.64. The number of rotatable bonds is 3. The van der Waals surface area contributed by atoms with Crippen LogP contribution in [0.25, 0.3) is 10.8 Å². The van der Waals surface area contributed by atoms with Crippen molar-refractivity contribution in [3.05, 3.63) is 41.5 Å². The molecule has 1 fully saturated rings. The standard InChI is InChI=1S/C20H18O9/c1-27-13(21)8-19(28-2)20(26)17(24)14-12(16(23)18(20,25)9-29-19)7-10-5-3-4-6-11(10)15(14)22/h3-7,22,25-26H,8-9H2,1-2H3/t18-,19+,20+/m1/s1. The molecule has 0 spiro atoms. The van der Waals surface area contributed by atoms with Crippen molar-refractivity contribution in [2.45, 2.75) is 23.4 Å². The van der Waals surface area contributed by atoms with Gasteiger partial charge in [0.15, 0.2) is 5.60 Å². The molecule has 0 amide bonds. The van der Waals surface area contributed by atoms with Gasteiger partial charge in [-0.05, 0) is 11.5 Å². The monoisotopic (exact) mass is 402 g/mol. The van der Waals surface area contributed by atoms with Gasteiger partial charge in [-0.15, -0.1) is 0 Å². The van der Waals surface area contributed by atoms with E-state index in [0.717, 1.165) is 14.2 Å². The van der Waals surface area contributed by atoms with Gasteiger partial charge in [0.25, 0.3) is 0 Å². The van der Waals surface area contributed by atoms with Gasteiger partial charge in [-0.25, -0.2) is 0 Å². The second-order valence-electron chi connectivity index (χ2n) is 7.10. The van der Waals surface area contributed by atoms with Gasteiger partial charge in [0.1, 0.15) is 12.2 Å². The third kappa shape index (κ3) is 2.15. The summed E-state index contributed by atoms with van der Waals surface area (Å²) in [6, 6.07) is 7.83. The normalized spacial score (nSPS) is 30.9. The number of phenols is 1. The highest BCUT2D eigenvalue weighted by Gasteiger charge is 2.79. The van der Waals surface area contributed by atoms with Crippen molar-refractivity contribution in [2.75, 3.05) is 20.8 Å². The zero-order valence-electron chi connectivity index (χ0n) is 15.6. The summed E-state index contributed by atoms with van der Waals surface area (Å²) in [5.41, 5.74) is -6.45. The molecule has 4 rings (SSSR count). The summed E-state index contributed by atoms with van der Waals surface area (Å²) in [5.74, 6) is -6.04. The number of aromatic hydroxyl groups is 1. The number of Topliss-reactive ketones (excluding diaryl/α,β-unsaturated/α-hetero) is 2. The first-order valence-corrected chi connectivity index (χ1v) is 8.72. The molecule has 152 valence electrons. The van der Waals surface area contributed by atoms with Gasteiger partial charge in [0.05, 0.1) is 19.3 Å². The van der Waals surface area contributed by atoms with Crippen molar-refractivity contribution < 1.29 is 43.9 Å². The lowest BCUT2D eigenvalue weighted by molar-refractivity contribution is -0.264. The predicted molar refractivity (Wildman–Crippen MR) is 96.5 cm³/mol. The van der Waals surface area contributed by atoms with E-state index in [1.54, 1.807) is 18.2 Å². The summed E-state index contributed by atoms with van der Waals surface area (Å²) in [4.78, 5) is 38.6. The van der Waals surface area contributed by atoms with E-state index in [1.807, 2.05) is 0 Å². The Balaban J connectivity index is 2.02. The van der Waals surface area contributed by atoms with Crippen LogP contribution in [0.4, 0.5) is 0 Å². The molecule has 2 aromatic carbocycles. The number of carbonyl (C=O) groups excluding carboxylic acids is 3. The van der Waals surface area contributed by atoms with Crippen molar-refractivity contribution in [1.82, 2.24) is 0 Å². The molecule has 9 heteroatoms. The van der Waals surface area contributed by atoms with Crippen LogP contribution in [0.1, 0.15) is 27.1 Å². The highest BCUT2D eigenvalue weighted by molar-refractivity contribution is 6.26. The van der Waals surface area contributed by atoms with E-state index in [1.165, 1.54) is 12.1 Å². The molecule has 1 heterocycles. The minimum absolute atomic E-state index is 0.257. The summed E-state index contributed by atoms with van der Waals surface area (Å²) >= 11 is 0. The Morgan fingerprint density at radius 1 is 1.17 bits per heavy atom. The van der Waals surface area contributed by atoms with Crippen LogP contribution in [0.15, 0.2) is 30.3 Å². The molecule has 2 aliphatic rings. The first-order valence-electron chi connectivity index (χ1n) is 8.72. The number of fused-ring (bicyclic) bond motifs is 3. The SMILES string of the molecule is COC(=O)C[C@]1(OC)OC[C@@]2(O)C(=O)c3cc4ccccc4c(O)c3C(=O)[C@@]12O. The van der Waals surface area contributed by atoms with Crippen molar-refractivity contribution >= 4 is 28.3 Å². The summed E-state index contributed by atoms with van der Waals surface area (Å²) in [5, 5.41) is 34.0. The van der Waals surface area contributed by atoms with Gasteiger partial charge in [0.2, 0.25) is 23.0 Å². The van der Waals surface area contributed by atoms with E-state index in [2.05, 4.69) is 4.74 Å². The van der Waals surface area contributed by atoms with Crippen molar-refractivity contribution in [3.8, 4) is 5.75 Å². The van der Waals surface area contributed by atoms with Crippen molar-refractivity contribution in [1.29, 1.82) is 0 Å². The Labute approximate surface area is 164 Å². The average molecular weight is 402 g/mol. The lowest BCUT2D eigenvalue weighted by Gasteiger charge is -2.45. The molecular weight excluding hydrogens is 384 g/mol. The molecule has 9 nitrogen and oxygen atoms in total. The molecule has 1 aliphatic carbocycles. The van der Waals surface area contributed by atoms with Crippen molar-refractivity contribution in [3.63, 3.8) is 0 Å². The minimum Gasteiger partial charge on any atom is -0.507 e. The fourth-order valence-electron chi connectivity index (χ4n) is 4.20. The predicted octanol–water partition coefficient (Wildman–Crippen LogP) is 0.323. The quantitative estimate of drug-likeness (QED) is 0.619. The van der Waals surface area contributed by atoms with Gasteiger partial charge in [-0.3, -0.25) is 14.4 Å². The molecule has 0 aromatic heterocycles. The third-order valence-electron chi connectivity index (χ3n) is 5.80. The Bertz CT molecular complexity index is 1080. The Morgan fingerprint density at radius 2 is 1.86 bits per heavy atom. The van der Waals surface area contributed by atoms with Gasteiger partial charge >= 0.3 is 5.97 Å². The largest absolute Gasteiger partial charge is 0.507 e. The number of carbonyl (C=O) groups is 3. The molecule has 29 heavy (non-hydrogen) atoms. The summed E-state index contributed by atoms with van der Waals surface area (Å²) in [6.45, 7) is -0.800. The fraction of sp³-hybridized carbons (Fsp3) is 0.350. The molecule has 0 saturated carbocycles. The molecule has 1 aliphatic heterocycles. The molecule has 0 bridgehead atoms. The summed E-state index contributed by atoms with van der Waals surface area (Å²) in [7, 11) is 2.14. The molecule has 1 saturated heterocycles. The number of hydrogen-bond acceptors (Lipinski definition) is 9. The van der Waals surface area contributed by atoms with Gasteiger partial charge in [-0.1, -0.05) is 24.3 Å². The number of ether oxygens (including phenoxy) is 3. The first kappa shape index (κ1) is 19.5. The second-order valence-corrected chi connectivity index (χ2v) is 7.10. The lowest BCUT2D eigenvalue weighted by Crippen LogP contribution is -2.73. The van der Waals surface area contributed by atoms with Crippen LogP contribution in [0, 0.1) is 0 Å². The number of ketones is 2. The zero-order valence-corrected chi connectivity index (χ0v) is 15.6. The van der Waals surface area contributed by atoms with Crippen LogP contribution in [-0.4, -0.2) is 70.7 Å².